The maximum absolute atomic E-state index is 13.0. The lowest BCUT2D eigenvalue weighted by Crippen LogP contribution is -2.70. The number of aliphatic hydroxyl groups excluding tert-OH is 17. The van der Waals surface area contributed by atoms with Crippen LogP contribution in [0.15, 0.2) is 0 Å². The fraction of sp³-hybridized carbons (Fsp3) is 0.950. The van der Waals surface area contributed by atoms with Crippen LogP contribution in [0.3, 0.4) is 0 Å². The van der Waals surface area contributed by atoms with Crippen molar-refractivity contribution in [1.82, 2.24) is 10.6 Å². The molecule has 71 heavy (non-hydrogen) atoms. The molecular formula is C40H70N2O29. The maximum Gasteiger partial charge on any atom is 0.217 e. The van der Waals surface area contributed by atoms with Crippen molar-refractivity contribution in [1.29, 1.82) is 0 Å². The molecule has 5 saturated heterocycles. The van der Waals surface area contributed by atoms with Crippen LogP contribution in [0.5, 0.6) is 0 Å². The third-order valence-electron chi connectivity index (χ3n) is 12.8. The highest BCUT2D eigenvalue weighted by molar-refractivity contribution is 5.73. The molecule has 0 spiro atoms. The highest BCUT2D eigenvalue weighted by atomic mass is 16.8. The van der Waals surface area contributed by atoms with Crippen LogP contribution in [0.1, 0.15) is 27.7 Å². The van der Waals surface area contributed by atoms with E-state index in [9.17, 15) is 96.4 Å². The zero-order chi connectivity index (χ0) is 52.9. The summed E-state index contributed by atoms with van der Waals surface area (Å²) in [5.74, 6) is -1.60. The lowest BCUT2D eigenvalue weighted by molar-refractivity contribution is -0.394. The summed E-state index contributed by atoms with van der Waals surface area (Å²) in [5.41, 5.74) is 0. The first-order valence-corrected chi connectivity index (χ1v) is 22.7. The van der Waals surface area contributed by atoms with Crippen molar-refractivity contribution >= 4 is 11.8 Å². The first kappa shape index (κ1) is 59.7. The summed E-state index contributed by atoms with van der Waals surface area (Å²) < 4.78 is 58.8. The minimum absolute atomic E-state index is 0.753. The zero-order valence-electron chi connectivity index (χ0n) is 38.8. The molecule has 0 bridgehead atoms. The number of ether oxygens (including phenoxy) is 10. The molecule has 0 aromatic heterocycles. The Morgan fingerprint density at radius 1 is 0.507 bits per heavy atom. The molecule has 19 N–H and O–H groups in total. The van der Waals surface area contributed by atoms with Gasteiger partial charge in [0.1, 0.15) is 128 Å². The van der Waals surface area contributed by atoms with Crippen molar-refractivity contribution in [2.45, 2.75) is 206 Å². The number of rotatable bonds is 20. The predicted molar refractivity (Wildman–Crippen MR) is 222 cm³/mol. The molecule has 29 atom stereocenters. The summed E-state index contributed by atoms with van der Waals surface area (Å²) in [6.07, 6.45) is -50.3. The van der Waals surface area contributed by atoms with Crippen LogP contribution in [-0.4, -0.2) is 309 Å². The van der Waals surface area contributed by atoms with Gasteiger partial charge in [-0.15, -0.1) is 0 Å². The molecule has 5 fully saturated rings. The van der Waals surface area contributed by atoms with Gasteiger partial charge in [0.2, 0.25) is 11.8 Å². The molecule has 0 radical (unpaired) electrons. The Morgan fingerprint density at radius 2 is 0.986 bits per heavy atom. The first-order valence-electron chi connectivity index (χ1n) is 22.7. The van der Waals surface area contributed by atoms with Crippen molar-refractivity contribution in [3.8, 4) is 0 Å². The fourth-order valence-corrected chi connectivity index (χ4v) is 8.68. The van der Waals surface area contributed by atoms with Crippen molar-refractivity contribution in [2.75, 3.05) is 33.0 Å². The molecule has 31 heteroatoms. The highest BCUT2D eigenvalue weighted by Crippen LogP contribution is 2.36. The maximum atomic E-state index is 13.0. The molecule has 0 aromatic rings. The number of carbonyl (C=O) groups excluding carboxylic acids is 2. The summed E-state index contributed by atoms with van der Waals surface area (Å²) in [7, 11) is 0. The van der Waals surface area contributed by atoms with Crippen molar-refractivity contribution in [3.05, 3.63) is 0 Å². The number of hydrogen-bond acceptors (Lipinski definition) is 29. The largest absolute Gasteiger partial charge is 0.394 e. The van der Waals surface area contributed by atoms with Crippen LogP contribution in [0.2, 0.25) is 0 Å². The van der Waals surface area contributed by atoms with Crippen LogP contribution in [-0.2, 0) is 57.0 Å². The summed E-state index contributed by atoms with van der Waals surface area (Å²) in [4.78, 5) is 24.9. The Balaban J connectivity index is 1.50. The second-order valence-electron chi connectivity index (χ2n) is 18.0. The van der Waals surface area contributed by atoms with Gasteiger partial charge in [0.25, 0.3) is 0 Å². The second-order valence-corrected chi connectivity index (χ2v) is 18.0. The van der Waals surface area contributed by atoms with E-state index in [0.717, 1.165) is 13.8 Å². The number of amides is 2. The molecule has 2 amide bonds. The molecule has 5 aliphatic heterocycles. The van der Waals surface area contributed by atoms with E-state index in [0.29, 0.717) is 0 Å². The van der Waals surface area contributed by atoms with E-state index in [-0.39, 0.29) is 0 Å². The molecule has 5 heterocycles. The summed E-state index contributed by atoms with van der Waals surface area (Å²) in [6.45, 7) is -0.235. The number of carbonyl (C=O) groups is 2. The Kier molecular flexibility index (Phi) is 21.9. The van der Waals surface area contributed by atoms with E-state index in [4.69, 9.17) is 47.4 Å². The van der Waals surface area contributed by atoms with Gasteiger partial charge in [-0.05, 0) is 13.8 Å². The molecule has 0 aromatic carbocycles. The molecule has 0 saturated carbocycles. The lowest BCUT2D eigenvalue weighted by atomic mass is 9.94. The Bertz CT molecular complexity index is 1660. The molecule has 5 aliphatic rings. The van der Waals surface area contributed by atoms with Crippen LogP contribution in [0, 0.1) is 0 Å². The van der Waals surface area contributed by atoms with Gasteiger partial charge in [-0.2, -0.15) is 0 Å². The SMILES string of the molecule is CC(=O)N[C@H]1[C@H](OC[C@H]2O[C@@H](O[C@@H]([C@@H](O)[C@H](O)CO)[C@H](CO)NC(C)=O)[C@H](O)[C@@H](O)[C@H]2O)O[C@H](CO)[C@@H](O[C@@H]2O[C@H](CO)[C@H](O)[C@H](O)[C@H]2O[C@@H]2O[C@@H](C)[C@@H](O)[C@@H](O)[C@@H]2O)[C@@H]1O[C@@H]1O[C@@H](C)[C@@H](O)[C@@H](O)[C@@H]1O. The highest BCUT2D eigenvalue weighted by Gasteiger charge is 2.57. The average molecular weight is 1040 g/mol. The van der Waals surface area contributed by atoms with E-state index in [1.807, 2.05) is 0 Å². The number of aliphatic hydroxyl groups is 17. The minimum Gasteiger partial charge on any atom is -0.394 e. The Morgan fingerprint density at radius 3 is 1.49 bits per heavy atom. The minimum atomic E-state index is -2.14. The zero-order valence-corrected chi connectivity index (χ0v) is 38.8. The molecule has 0 unspecified atom stereocenters. The molecule has 0 aliphatic carbocycles. The van der Waals surface area contributed by atoms with Gasteiger partial charge in [-0.25, -0.2) is 0 Å². The fourth-order valence-electron chi connectivity index (χ4n) is 8.68. The van der Waals surface area contributed by atoms with Crippen LogP contribution >= 0.6 is 0 Å². The monoisotopic (exact) mass is 1040 g/mol. The smallest absolute Gasteiger partial charge is 0.217 e. The van der Waals surface area contributed by atoms with E-state index < -0.39 is 223 Å². The predicted octanol–water partition coefficient (Wildman–Crippen LogP) is -12.1. The van der Waals surface area contributed by atoms with E-state index in [1.54, 1.807) is 0 Å². The summed E-state index contributed by atoms with van der Waals surface area (Å²) >= 11 is 0. The second kappa shape index (κ2) is 26.1. The molecular weight excluding hydrogens is 972 g/mol. The van der Waals surface area contributed by atoms with Gasteiger partial charge < -0.3 is 145 Å². The third-order valence-corrected chi connectivity index (χ3v) is 12.8. The van der Waals surface area contributed by atoms with Gasteiger partial charge in [0.05, 0.1) is 51.3 Å². The number of nitrogens with one attached hydrogen (secondary N) is 2. The van der Waals surface area contributed by atoms with Crippen molar-refractivity contribution < 1.29 is 144 Å². The van der Waals surface area contributed by atoms with Gasteiger partial charge in [0, 0.05) is 13.8 Å². The summed E-state index contributed by atoms with van der Waals surface area (Å²) in [5, 5.41) is 185. The average Bonchev–Trinajstić information content (AvgIpc) is 3.33. The third kappa shape index (κ3) is 13.6. The molecule has 5 rings (SSSR count). The number of hydrogen-bond donors (Lipinski definition) is 19. The van der Waals surface area contributed by atoms with Gasteiger partial charge in [-0.3, -0.25) is 9.59 Å². The Labute approximate surface area is 404 Å². The molecule has 31 nitrogen and oxygen atoms in total. The van der Waals surface area contributed by atoms with Crippen molar-refractivity contribution in [3.63, 3.8) is 0 Å². The van der Waals surface area contributed by atoms with E-state index in [1.165, 1.54) is 13.8 Å². The topological polar surface area (TPSA) is 494 Å². The van der Waals surface area contributed by atoms with Crippen LogP contribution < -0.4 is 10.6 Å². The normalized spacial score (nSPS) is 46.1. The standard InChI is InChI=1S/C40H70N2O29/c1-10-20(50)25(55)29(59)37(63-10)70-34-19(42-13(4)48)36(62-9-18-24(54)27(57)31(61)39(67-18)68-32(22(52)15(49)6-44)14(5-43)41-12(3)47)66-17(8-46)33(34)69-40-35(28(58)23(53)16(7-45)65-40)71-38-30(60)26(56)21(51)11(2)64-38/h10-11,14-40,43-46,49-61H,5-9H2,1-4H3,(H,41,47)(H,42,48)/t10-,11-,14-,15+,16+,17+,18+,19+,20+,21+,22-,23-,24-,25+,26+,27-,28-,29-,30-,31+,32+,33+,34+,35+,36+,37-,38-,39-,40-/m0/s1. The van der Waals surface area contributed by atoms with E-state index in [2.05, 4.69) is 10.6 Å². The van der Waals surface area contributed by atoms with Gasteiger partial charge in [-0.1, -0.05) is 0 Å². The van der Waals surface area contributed by atoms with E-state index >= 15 is 0 Å². The van der Waals surface area contributed by atoms with Gasteiger partial charge >= 0.3 is 0 Å². The summed E-state index contributed by atoms with van der Waals surface area (Å²) in [6, 6.07) is -3.27. The van der Waals surface area contributed by atoms with Gasteiger partial charge in [0.15, 0.2) is 31.5 Å². The van der Waals surface area contributed by atoms with Crippen LogP contribution in [0.25, 0.3) is 0 Å². The Hall–Kier alpha value is -2.14. The lowest BCUT2D eigenvalue weighted by Gasteiger charge is -2.51. The van der Waals surface area contributed by atoms with Crippen molar-refractivity contribution in [2.24, 2.45) is 0 Å². The first-order chi connectivity index (χ1) is 33.4. The quantitative estimate of drug-likeness (QED) is 0.0538. The van der Waals surface area contributed by atoms with Crippen LogP contribution in [0.4, 0.5) is 0 Å². The molecule has 414 valence electrons.